The molecule has 0 bridgehead atoms. The average molecular weight is 507 g/mol. The van der Waals surface area contributed by atoms with E-state index in [9.17, 15) is 9.59 Å². The summed E-state index contributed by atoms with van der Waals surface area (Å²) >= 11 is 3.03. The number of fused-ring (bicyclic) bond motifs is 2. The van der Waals surface area contributed by atoms with Crippen molar-refractivity contribution in [2.24, 2.45) is 0 Å². The molecule has 0 unspecified atom stereocenters. The molecule has 1 atom stereocenters. The van der Waals surface area contributed by atoms with Crippen LogP contribution in [0.15, 0.2) is 68.3 Å². The minimum Gasteiger partial charge on any atom is -0.481 e. The lowest BCUT2D eigenvalue weighted by atomic mass is 10.2. The van der Waals surface area contributed by atoms with E-state index < -0.39 is 6.10 Å². The van der Waals surface area contributed by atoms with Gasteiger partial charge >= 0.3 is 0 Å². The molecule has 8 nitrogen and oxygen atoms in total. The number of nitrogens with zero attached hydrogens (tertiary/aromatic N) is 3. The van der Waals surface area contributed by atoms with E-state index in [0.717, 1.165) is 20.1 Å². The first kappa shape index (κ1) is 23.1. The zero-order chi connectivity index (χ0) is 24.5. The van der Waals surface area contributed by atoms with Crippen molar-refractivity contribution in [3.05, 3.63) is 82.0 Å². The molecule has 3 heterocycles. The van der Waals surface area contributed by atoms with Crippen LogP contribution in [0.25, 0.3) is 15.9 Å². The minimum absolute atomic E-state index is 0.230. The van der Waals surface area contributed by atoms with Crippen LogP contribution in [0.3, 0.4) is 0 Å². The van der Waals surface area contributed by atoms with Crippen molar-refractivity contribution >= 4 is 50.6 Å². The van der Waals surface area contributed by atoms with Gasteiger partial charge in [0.25, 0.3) is 11.5 Å². The molecular weight excluding hydrogens is 484 g/mol. The number of ether oxygens (including phenoxy) is 1. The fourth-order valence-corrected chi connectivity index (χ4v) is 5.44. The molecule has 3 aromatic heterocycles. The molecule has 0 aliphatic carbocycles. The van der Waals surface area contributed by atoms with Crippen molar-refractivity contribution in [1.82, 2.24) is 14.5 Å². The summed E-state index contributed by atoms with van der Waals surface area (Å²) in [7, 11) is 0. The Kier molecular flexibility index (Phi) is 6.31. The van der Waals surface area contributed by atoms with Gasteiger partial charge in [-0.1, -0.05) is 29.5 Å². The average Bonchev–Trinajstić information content (AvgIpc) is 3.41. The quantitative estimate of drug-likeness (QED) is 0.303. The Morgan fingerprint density at radius 2 is 1.94 bits per heavy atom. The van der Waals surface area contributed by atoms with Gasteiger partial charge in [0.1, 0.15) is 11.5 Å². The van der Waals surface area contributed by atoms with Crippen LogP contribution in [0.2, 0.25) is 0 Å². The molecule has 1 N–H and O–H groups in total. The molecule has 0 fully saturated rings. The lowest BCUT2D eigenvalue weighted by molar-refractivity contribution is -0.122. The second-order valence-electron chi connectivity index (χ2n) is 8.10. The van der Waals surface area contributed by atoms with Crippen molar-refractivity contribution in [3.8, 4) is 5.75 Å². The monoisotopic (exact) mass is 506 g/mol. The summed E-state index contributed by atoms with van der Waals surface area (Å²) < 4.78 is 14.1. The van der Waals surface area contributed by atoms with Crippen molar-refractivity contribution in [1.29, 1.82) is 0 Å². The van der Waals surface area contributed by atoms with Crippen LogP contribution in [0, 0.1) is 13.8 Å². The maximum Gasteiger partial charge on any atom is 0.287 e. The summed E-state index contributed by atoms with van der Waals surface area (Å²) in [6, 6.07) is 16.4. The predicted molar refractivity (Wildman–Crippen MR) is 138 cm³/mol. The molecule has 178 valence electrons. The fourth-order valence-electron chi connectivity index (χ4n) is 3.44. The first-order valence-corrected chi connectivity index (χ1v) is 12.7. The molecule has 0 radical (unpaired) electrons. The Balaban J connectivity index is 1.24. The summed E-state index contributed by atoms with van der Waals surface area (Å²) in [6.07, 6.45) is -0.645. The number of aryl methyl sites for hydroxylation is 2. The van der Waals surface area contributed by atoms with Gasteiger partial charge in [-0.05, 0) is 51.1 Å². The third-order valence-corrected chi connectivity index (χ3v) is 7.40. The number of thiazole rings is 1. The summed E-state index contributed by atoms with van der Waals surface area (Å²) in [5.74, 6) is 1.56. The Hall–Kier alpha value is -3.63. The maximum absolute atomic E-state index is 12.6. The van der Waals surface area contributed by atoms with Gasteiger partial charge in [-0.2, -0.15) is 0 Å². The summed E-state index contributed by atoms with van der Waals surface area (Å²) in [5, 5.41) is 2.91. The molecule has 2 aromatic carbocycles. The van der Waals surface area contributed by atoms with Gasteiger partial charge in [0.05, 0.1) is 15.9 Å². The first-order valence-electron chi connectivity index (χ1n) is 10.9. The van der Waals surface area contributed by atoms with Crippen LogP contribution < -0.4 is 15.6 Å². The van der Waals surface area contributed by atoms with Gasteiger partial charge in [-0.25, -0.2) is 9.97 Å². The van der Waals surface area contributed by atoms with Crippen molar-refractivity contribution < 1.29 is 14.1 Å². The van der Waals surface area contributed by atoms with E-state index in [1.165, 1.54) is 33.7 Å². The Morgan fingerprint density at radius 3 is 2.74 bits per heavy atom. The lowest BCUT2D eigenvalue weighted by Gasteiger charge is -2.15. The summed E-state index contributed by atoms with van der Waals surface area (Å²) in [4.78, 5) is 34.0. The van der Waals surface area contributed by atoms with E-state index in [4.69, 9.17) is 9.26 Å². The standard InChI is InChI=1S/C25H22N4O4S2/c1-14-4-7-19(8-5-14)32-16(3)24(31)27-17-6-9-20-21(11-17)35-25(28-20)34-13-18-12-23(30)29-22(26-18)10-15(2)33-29/h4-12,16H,13H2,1-3H3,(H,27,31)/t16-/m0/s1. The highest BCUT2D eigenvalue weighted by Gasteiger charge is 2.16. The second-order valence-corrected chi connectivity index (χ2v) is 10.4. The number of carbonyl (C=O) groups is 1. The molecular formula is C25H22N4O4S2. The zero-order valence-electron chi connectivity index (χ0n) is 19.3. The Morgan fingerprint density at radius 1 is 1.14 bits per heavy atom. The Bertz CT molecular complexity index is 1590. The molecule has 35 heavy (non-hydrogen) atoms. The molecule has 1 amide bonds. The van der Waals surface area contributed by atoms with Gasteiger partial charge in [0, 0.05) is 23.6 Å². The third-order valence-electron chi connectivity index (χ3n) is 5.21. The number of carbonyl (C=O) groups excluding carboxylic acids is 1. The number of anilines is 1. The molecule has 5 rings (SSSR count). The highest BCUT2D eigenvalue weighted by atomic mass is 32.2. The normalized spacial score (nSPS) is 12.2. The van der Waals surface area contributed by atoms with E-state index in [1.54, 1.807) is 19.9 Å². The molecule has 0 spiro atoms. The van der Waals surface area contributed by atoms with Crippen LogP contribution >= 0.6 is 23.1 Å². The van der Waals surface area contributed by atoms with Crippen LogP contribution in [0.1, 0.15) is 23.9 Å². The van der Waals surface area contributed by atoms with Crippen LogP contribution in [-0.2, 0) is 10.5 Å². The van der Waals surface area contributed by atoms with E-state index in [-0.39, 0.29) is 11.5 Å². The summed E-state index contributed by atoms with van der Waals surface area (Å²) in [6.45, 7) is 5.49. The molecule has 0 aliphatic heterocycles. The number of amides is 1. The van der Waals surface area contributed by atoms with Gasteiger partial charge in [-0.3, -0.25) is 9.59 Å². The molecule has 0 aliphatic rings. The first-order chi connectivity index (χ1) is 16.8. The largest absolute Gasteiger partial charge is 0.481 e. The molecule has 0 saturated heterocycles. The van der Waals surface area contributed by atoms with E-state index in [0.29, 0.717) is 34.3 Å². The molecule has 10 heteroatoms. The highest BCUT2D eigenvalue weighted by molar-refractivity contribution is 8.00. The number of aromatic nitrogens is 3. The number of rotatable bonds is 7. The van der Waals surface area contributed by atoms with Crippen LogP contribution in [-0.4, -0.2) is 26.6 Å². The number of benzene rings is 2. The third kappa shape index (κ3) is 5.23. The zero-order valence-corrected chi connectivity index (χ0v) is 20.9. The number of nitrogens with one attached hydrogen (secondary N) is 1. The van der Waals surface area contributed by atoms with Crippen molar-refractivity contribution in [2.45, 2.75) is 37.0 Å². The number of hydrogen-bond donors (Lipinski definition) is 1. The van der Waals surface area contributed by atoms with Crippen molar-refractivity contribution in [3.63, 3.8) is 0 Å². The summed E-state index contributed by atoms with van der Waals surface area (Å²) in [5.41, 5.74) is 3.56. The molecule has 0 saturated carbocycles. The van der Waals surface area contributed by atoms with E-state index in [2.05, 4.69) is 15.3 Å². The fraction of sp³-hybridized carbons (Fsp3) is 0.200. The minimum atomic E-state index is -0.645. The predicted octanol–water partition coefficient (Wildman–Crippen LogP) is 5.21. The van der Waals surface area contributed by atoms with Crippen LogP contribution in [0.5, 0.6) is 5.75 Å². The second kappa shape index (κ2) is 9.55. The smallest absolute Gasteiger partial charge is 0.287 e. The highest BCUT2D eigenvalue weighted by Crippen LogP contribution is 2.32. The lowest BCUT2D eigenvalue weighted by Crippen LogP contribution is -2.30. The van der Waals surface area contributed by atoms with E-state index >= 15 is 0 Å². The topological polar surface area (TPSA) is 98.7 Å². The van der Waals surface area contributed by atoms with E-state index in [1.807, 2.05) is 49.4 Å². The van der Waals surface area contributed by atoms with Gasteiger partial charge in [-0.15, -0.1) is 15.9 Å². The van der Waals surface area contributed by atoms with Crippen molar-refractivity contribution in [2.75, 3.05) is 5.32 Å². The van der Waals surface area contributed by atoms with Gasteiger partial charge < -0.3 is 14.6 Å². The van der Waals surface area contributed by atoms with Gasteiger partial charge in [0.2, 0.25) is 0 Å². The Labute approximate surface area is 208 Å². The SMILES string of the molecule is Cc1ccc(O[C@@H](C)C(=O)Nc2ccc3nc(SCc4cc(=O)n5oc(C)cc5n4)sc3c2)cc1. The molecule has 5 aromatic rings. The number of thioether (sulfide) groups is 1. The number of hydrogen-bond acceptors (Lipinski definition) is 8. The van der Waals surface area contributed by atoms with Crippen LogP contribution in [0.4, 0.5) is 5.69 Å². The maximum atomic E-state index is 12.6. The van der Waals surface area contributed by atoms with Gasteiger partial charge in [0.15, 0.2) is 16.1 Å².